The molecule has 2 aromatic rings. The quantitative estimate of drug-likeness (QED) is 0.756. The van der Waals surface area contributed by atoms with E-state index < -0.39 is 5.76 Å². The molecule has 1 amide bonds. The second-order valence-electron chi connectivity index (χ2n) is 5.23. The first-order chi connectivity index (χ1) is 11.4. The van der Waals surface area contributed by atoms with E-state index >= 15 is 0 Å². The molecule has 0 heterocycles. The van der Waals surface area contributed by atoms with Crippen molar-refractivity contribution in [1.29, 1.82) is 0 Å². The Hall–Kier alpha value is -1.99. The third kappa shape index (κ3) is 5.90. The Morgan fingerprint density at radius 1 is 1.21 bits per heavy atom. The van der Waals surface area contributed by atoms with Crippen LogP contribution < -0.4 is 5.32 Å². The van der Waals surface area contributed by atoms with Crippen molar-refractivity contribution in [3.05, 3.63) is 59.9 Å². The number of nitrogens with zero attached hydrogens (tertiary/aromatic N) is 1. The summed E-state index contributed by atoms with van der Waals surface area (Å²) >= 11 is 0.387. The minimum atomic E-state index is -2.56. The highest BCUT2D eigenvalue weighted by molar-refractivity contribution is 7.99. The molecule has 2 aromatic carbocycles. The third-order valence-corrected chi connectivity index (χ3v) is 3.92. The van der Waals surface area contributed by atoms with Crippen molar-refractivity contribution in [3.8, 4) is 0 Å². The minimum absolute atomic E-state index is 0.0597. The Balaban J connectivity index is 1.93. The average molecular weight is 354 g/mol. The molecule has 1 N–H and O–H groups in total. The summed E-state index contributed by atoms with van der Waals surface area (Å²) < 4.78 is 38.2. The Bertz CT molecular complexity index is 697. The van der Waals surface area contributed by atoms with Crippen LogP contribution in [0, 0.1) is 5.82 Å². The van der Waals surface area contributed by atoms with Gasteiger partial charge >= 0.3 is 0 Å². The maximum atomic E-state index is 13.2. The van der Waals surface area contributed by atoms with Crippen LogP contribution in [0.2, 0.25) is 0 Å². The van der Waals surface area contributed by atoms with E-state index in [0.717, 1.165) is 5.56 Å². The van der Waals surface area contributed by atoms with Gasteiger partial charge in [-0.2, -0.15) is 8.78 Å². The molecule has 0 bridgehead atoms. The van der Waals surface area contributed by atoms with Crippen molar-refractivity contribution in [2.24, 2.45) is 0 Å². The van der Waals surface area contributed by atoms with Crippen LogP contribution in [0.5, 0.6) is 0 Å². The molecule has 0 unspecified atom stereocenters. The normalized spacial score (nSPS) is 11.1. The molecule has 128 valence electrons. The average Bonchev–Trinajstić information content (AvgIpc) is 2.48. The predicted molar refractivity (Wildman–Crippen MR) is 89.7 cm³/mol. The van der Waals surface area contributed by atoms with E-state index in [1.165, 1.54) is 18.2 Å². The van der Waals surface area contributed by atoms with Gasteiger partial charge in [0.2, 0.25) is 5.91 Å². The molecule has 0 saturated heterocycles. The second-order valence-corrected chi connectivity index (χ2v) is 6.26. The number of nitrogens with one attached hydrogen (secondary N) is 1. The van der Waals surface area contributed by atoms with Gasteiger partial charge in [0.15, 0.2) is 0 Å². The van der Waals surface area contributed by atoms with E-state index in [1.807, 2.05) is 0 Å². The highest BCUT2D eigenvalue weighted by Gasteiger charge is 2.13. The number of para-hydroxylation sites is 1. The smallest absolute Gasteiger partial charge is 0.288 e. The lowest BCUT2D eigenvalue weighted by molar-refractivity contribution is -0.117. The highest BCUT2D eigenvalue weighted by atomic mass is 32.2. The van der Waals surface area contributed by atoms with Crippen molar-refractivity contribution in [3.63, 3.8) is 0 Å². The molecule has 0 saturated carbocycles. The van der Waals surface area contributed by atoms with Crippen molar-refractivity contribution in [1.82, 2.24) is 4.90 Å². The number of hydrogen-bond acceptors (Lipinski definition) is 3. The fraction of sp³-hybridized carbons (Fsp3) is 0.235. The summed E-state index contributed by atoms with van der Waals surface area (Å²) in [6.45, 7) is 0.461. The van der Waals surface area contributed by atoms with E-state index in [0.29, 0.717) is 28.9 Å². The van der Waals surface area contributed by atoms with Gasteiger partial charge in [-0.1, -0.05) is 36.0 Å². The van der Waals surface area contributed by atoms with Crippen LogP contribution in [0.1, 0.15) is 5.56 Å². The number of likely N-dealkylation sites (N-methyl/N-ethyl adjacent to an activating group) is 1. The zero-order valence-electron chi connectivity index (χ0n) is 13.0. The summed E-state index contributed by atoms with van der Waals surface area (Å²) in [7, 11) is 1.73. The Morgan fingerprint density at radius 3 is 2.67 bits per heavy atom. The highest BCUT2D eigenvalue weighted by Crippen LogP contribution is 2.31. The fourth-order valence-electron chi connectivity index (χ4n) is 2.21. The lowest BCUT2D eigenvalue weighted by atomic mass is 10.2. The Morgan fingerprint density at radius 2 is 1.96 bits per heavy atom. The Labute approximate surface area is 142 Å². The van der Waals surface area contributed by atoms with Crippen LogP contribution in [-0.2, 0) is 11.3 Å². The molecular formula is C17H17F3N2OS. The molecule has 24 heavy (non-hydrogen) atoms. The molecule has 2 rings (SSSR count). The van der Waals surface area contributed by atoms with Gasteiger partial charge in [-0.15, -0.1) is 0 Å². The number of hydrogen-bond donors (Lipinski definition) is 1. The summed E-state index contributed by atoms with van der Waals surface area (Å²) in [4.78, 5) is 14.1. The Kier molecular flexibility index (Phi) is 6.69. The number of benzene rings is 2. The van der Waals surface area contributed by atoms with Crippen LogP contribution in [0.25, 0.3) is 0 Å². The van der Waals surface area contributed by atoms with Crippen LogP contribution in [0.15, 0.2) is 53.4 Å². The zero-order chi connectivity index (χ0) is 17.5. The minimum Gasteiger partial charge on any atom is -0.324 e. The molecule has 7 heteroatoms. The van der Waals surface area contributed by atoms with Crippen LogP contribution in [-0.4, -0.2) is 30.2 Å². The van der Waals surface area contributed by atoms with Gasteiger partial charge < -0.3 is 5.32 Å². The largest absolute Gasteiger partial charge is 0.324 e. The van der Waals surface area contributed by atoms with Gasteiger partial charge in [0.1, 0.15) is 5.82 Å². The van der Waals surface area contributed by atoms with E-state index in [9.17, 15) is 18.0 Å². The SMILES string of the molecule is CN(CC(=O)Nc1ccccc1SC(F)F)Cc1cccc(F)c1. The van der Waals surface area contributed by atoms with E-state index in [4.69, 9.17) is 0 Å². The topological polar surface area (TPSA) is 32.3 Å². The van der Waals surface area contributed by atoms with Gasteiger partial charge in [-0.05, 0) is 36.9 Å². The summed E-state index contributed by atoms with van der Waals surface area (Å²) in [6.07, 6.45) is 0. The number of carbonyl (C=O) groups is 1. The van der Waals surface area contributed by atoms with Gasteiger partial charge in [0.25, 0.3) is 5.76 Å². The monoisotopic (exact) mass is 354 g/mol. The van der Waals surface area contributed by atoms with Crippen molar-refractivity contribution >= 4 is 23.4 Å². The fourth-order valence-corrected chi connectivity index (χ4v) is 2.80. The van der Waals surface area contributed by atoms with Crippen LogP contribution in [0.3, 0.4) is 0 Å². The first-order valence-corrected chi connectivity index (χ1v) is 8.08. The number of halogens is 3. The van der Waals surface area contributed by atoms with E-state index in [2.05, 4.69) is 5.32 Å². The lowest BCUT2D eigenvalue weighted by Crippen LogP contribution is -2.30. The first kappa shape index (κ1) is 18.4. The molecule has 3 nitrogen and oxygen atoms in total. The number of rotatable bonds is 7. The summed E-state index contributed by atoms with van der Waals surface area (Å²) in [5, 5.41) is 2.64. The van der Waals surface area contributed by atoms with Crippen molar-refractivity contribution in [2.45, 2.75) is 17.2 Å². The number of anilines is 1. The number of alkyl halides is 2. The molecule has 0 aliphatic heterocycles. The molecule has 0 aromatic heterocycles. The van der Waals surface area contributed by atoms with E-state index in [-0.39, 0.29) is 18.3 Å². The molecule has 0 fully saturated rings. The maximum Gasteiger partial charge on any atom is 0.288 e. The zero-order valence-corrected chi connectivity index (χ0v) is 13.8. The van der Waals surface area contributed by atoms with E-state index in [1.54, 1.807) is 42.3 Å². The molecule has 0 spiro atoms. The summed E-state index contributed by atoms with van der Waals surface area (Å²) in [5.41, 5.74) is 1.10. The number of carbonyl (C=O) groups excluding carboxylic acids is 1. The van der Waals surface area contributed by atoms with Crippen molar-refractivity contribution in [2.75, 3.05) is 18.9 Å². The maximum absolute atomic E-state index is 13.2. The number of thioether (sulfide) groups is 1. The van der Waals surface area contributed by atoms with Crippen molar-refractivity contribution < 1.29 is 18.0 Å². The van der Waals surface area contributed by atoms with Crippen LogP contribution in [0.4, 0.5) is 18.9 Å². The third-order valence-electron chi connectivity index (χ3n) is 3.13. The van der Waals surface area contributed by atoms with Gasteiger partial charge in [-0.3, -0.25) is 9.69 Å². The summed E-state index contributed by atoms with van der Waals surface area (Å²) in [6, 6.07) is 12.6. The van der Waals surface area contributed by atoms with Gasteiger partial charge in [0.05, 0.1) is 12.2 Å². The molecule has 0 aliphatic rings. The molecular weight excluding hydrogens is 337 g/mol. The lowest BCUT2D eigenvalue weighted by Gasteiger charge is -2.17. The molecule has 0 atom stereocenters. The van der Waals surface area contributed by atoms with Crippen LogP contribution >= 0.6 is 11.8 Å². The molecule has 0 radical (unpaired) electrons. The first-order valence-electron chi connectivity index (χ1n) is 7.20. The van der Waals surface area contributed by atoms with Gasteiger partial charge in [0, 0.05) is 11.4 Å². The summed E-state index contributed by atoms with van der Waals surface area (Å²) in [5.74, 6) is -3.21. The standard InChI is InChI=1S/C17H17F3N2OS/c1-22(10-12-5-4-6-13(18)9-12)11-16(23)21-14-7-2-3-8-15(14)24-17(19)20/h2-9,17H,10-11H2,1H3,(H,21,23). The predicted octanol–water partition coefficient (Wildman–Crippen LogP) is 4.21. The van der Waals surface area contributed by atoms with Gasteiger partial charge in [-0.25, -0.2) is 4.39 Å². The second kappa shape index (κ2) is 8.75. The number of amides is 1. The molecule has 0 aliphatic carbocycles.